The number of carbonyl (C=O) groups excluding carboxylic acids is 2. The van der Waals surface area contributed by atoms with Gasteiger partial charge in [-0.1, -0.05) is 12.8 Å². The summed E-state index contributed by atoms with van der Waals surface area (Å²) in [5.41, 5.74) is 10.7. The highest BCUT2D eigenvalue weighted by atomic mass is 16.5. The summed E-state index contributed by atoms with van der Waals surface area (Å²) in [6.45, 7) is 0.410. The first-order chi connectivity index (χ1) is 8.65. The molecule has 104 valence electrons. The highest BCUT2D eigenvalue weighted by Crippen LogP contribution is 2.17. The molecule has 0 heterocycles. The van der Waals surface area contributed by atoms with Crippen LogP contribution in [0.25, 0.3) is 0 Å². The second-order valence-corrected chi connectivity index (χ2v) is 4.63. The predicted molar refractivity (Wildman–Crippen MR) is 67.6 cm³/mol. The van der Waals surface area contributed by atoms with Gasteiger partial charge in [0, 0.05) is 25.6 Å². The quantitative estimate of drug-likeness (QED) is 0.541. The minimum atomic E-state index is -0.449. The van der Waals surface area contributed by atoms with E-state index >= 15 is 0 Å². The van der Waals surface area contributed by atoms with Gasteiger partial charge in [0.15, 0.2) is 0 Å². The van der Waals surface area contributed by atoms with Crippen molar-refractivity contribution in [3.63, 3.8) is 0 Å². The van der Waals surface area contributed by atoms with Crippen molar-refractivity contribution in [1.29, 1.82) is 0 Å². The fraction of sp³-hybridized carbons (Fsp3) is 0.833. The molecule has 1 saturated carbocycles. The Morgan fingerprint density at radius 3 is 2.33 bits per heavy atom. The van der Waals surface area contributed by atoms with Gasteiger partial charge in [0.1, 0.15) is 6.10 Å². The molecule has 0 aromatic carbocycles. The largest absolute Gasteiger partial charge is 0.460 e. The van der Waals surface area contributed by atoms with Crippen LogP contribution in [0.2, 0.25) is 0 Å². The van der Waals surface area contributed by atoms with Crippen LogP contribution >= 0.6 is 0 Å². The molecule has 1 amide bonds. The van der Waals surface area contributed by atoms with E-state index in [1.165, 1.54) is 12.8 Å². The Kier molecular flexibility index (Phi) is 6.67. The lowest BCUT2D eigenvalue weighted by Gasteiger charge is -2.14. The van der Waals surface area contributed by atoms with Crippen molar-refractivity contribution < 1.29 is 14.3 Å². The number of carbonyl (C=O) groups is 2. The molecule has 0 saturated heterocycles. The molecule has 0 unspecified atom stereocenters. The number of hydrogen-bond donors (Lipinski definition) is 3. The number of nitrogens with one attached hydrogen (secondary N) is 1. The lowest BCUT2D eigenvalue weighted by atomic mass is 10.2. The van der Waals surface area contributed by atoms with Gasteiger partial charge >= 0.3 is 5.97 Å². The van der Waals surface area contributed by atoms with Crippen LogP contribution in [0.15, 0.2) is 0 Å². The molecule has 1 rings (SSSR count). The maximum Gasteiger partial charge on any atom is 0.306 e. The van der Waals surface area contributed by atoms with E-state index in [0.29, 0.717) is 0 Å². The molecule has 0 aliphatic heterocycles. The average molecular weight is 257 g/mol. The van der Waals surface area contributed by atoms with Crippen molar-refractivity contribution >= 4 is 11.9 Å². The molecular formula is C12H23N3O3. The van der Waals surface area contributed by atoms with Crippen molar-refractivity contribution in [2.75, 3.05) is 13.1 Å². The number of esters is 1. The Balaban J connectivity index is 2.14. The molecule has 6 nitrogen and oxygen atoms in total. The second kappa shape index (κ2) is 8.05. The Hall–Kier alpha value is -1.14. The summed E-state index contributed by atoms with van der Waals surface area (Å²) < 4.78 is 5.00. The summed E-state index contributed by atoms with van der Waals surface area (Å²) in [5, 5.41) is 2.92. The smallest absolute Gasteiger partial charge is 0.306 e. The lowest BCUT2D eigenvalue weighted by Crippen LogP contribution is -2.35. The van der Waals surface area contributed by atoms with Crippen LogP contribution in [0.3, 0.4) is 0 Å². The molecule has 1 aliphatic rings. The standard InChI is InChI=1S/C12H23N3O3/c13-7-10(8-14)18-12(17)6-5-11(16)15-9-3-1-2-4-9/h9-10H,1-8,13-14H2,(H,15,16). The van der Waals surface area contributed by atoms with Gasteiger partial charge in [0.2, 0.25) is 5.91 Å². The summed E-state index contributed by atoms with van der Waals surface area (Å²) in [4.78, 5) is 23.0. The van der Waals surface area contributed by atoms with Gasteiger partial charge in [0.05, 0.1) is 6.42 Å². The third-order valence-electron chi connectivity index (χ3n) is 3.10. The second-order valence-electron chi connectivity index (χ2n) is 4.63. The lowest BCUT2D eigenvalue weighted by molar-refractivity contribution is -0.149. The van der Waals surface area contributed by atoms with Crippen LogP contribution in [-0.4, -0.2) is 37.1 Å². The van der Waals surface area contributed by atoms with E-state index < -0.39 is 12.1 Å². The third-order valence-corrected chi connectivity index (χ3v) is 3.10. The van der Waals surface area contributed by atoms with Gasteiger partial charge in [-0.3, -0.25) is 9.59 Å². The van der Waals surface area contributed by atoms with Crippen LogP contribution in [0.1, 0.15) is 38.5 Å². The van der Waals surface area contributed by atoms with Gasteiger partial charge in [0.25, 0.3) is 0 Å². The topological polar surface area (TPSA) is 107 Å². The third kappa shape index (κ3) is 5.46. The van der Waals surface area contributed by atoms with Crippen molar-refractivity contribution in [2.24, 2.45) is 11.5 Å². The van der Waals surface area contributed by atoms with Crippen LogP contribution < -0.4 is 16.8 Å². The Labute approximate surface area is 107 Å². The van der Waals surface area contributed by atoms with E-state index in [9.17, 15) is 9.59 Å². The highest BCUT2D eigenvalue weighted by molar-refractivity contribution is 5.81. The molecule has 1 aliphatic carbocycles. The maximum atomic E-state index is 11.6. The first kappa shape index (κ1) is 14.9. The molecule has 0 spiro atoms. The zero-order valence-corrected chi connectivity index (χ0v) is 10.7. The van der Waals surface area contributed by atoms with Gasteiger partial charge in [-0.25, -0.2) is 0 Å². The van der Waals surface area contributed by atoms with Gasteiger partial charge in [-0.15, -0.1) is 0 Å². The Morgan fingerprint density at radius 2 is 1.78 bits per heavy atom. The SMILES string of the molecule is NCC(CN)OC(=O)CCC(=O)NC1CCCC1. The minimum Gasteiger partial charge on any atom is -0.460 e. The molecule has 0 aromatic heterocycles. The van der Waals surface area contributed by atoms with Crippen LogP contribution in [0.5, 0.6) is 0 Å². The summed E-state index contributed by atoms with van der Waals surface area (Å²) in [7, 11) is 0. The highest BCUT2D eigenvalue weighted by Gasteiger charge is 2.18. The zero-order chi connectivity index (χ0) is 13.4. The van der Waals surface area contributed by atoms with Crippen LogP contribution in [0.4, 0.5) is 0 Å². The number of rotatable bonds is 7. The van der Waals surface area contributed by atoms with Gasteiger partial charge < -0.3 is 21.5 Å². The Bertz CT molecular complexity index is 258. The summed E-state index contributed by atoms with van der Waals surface area (Å²) >= 11 is 0. The first-order valence-corrected chi connectivity index (χ1v) is 6.54. The summed E-state index contributed by atoms with van der Waals surface area (Å²) in [6, 6.07) is 0.286. The molecule has 0 bridgehead atoms. The maximum absolute atomic E-state index is 11.6. The van der Waals surface area contributed by atoms with Crippen molar-refractivity contribution in [2.45, 2.75) is 50.7 Å². The van der Waals surface area contributed by atoms with Crippen molar-refractivity contribution in [3.8, 4) is 0 Å². The molecular weight excluding hydrogens is 234 g/mol. The molecule has 1 fully saturated rings. The van der Waals surface area contributed by atoms with Crippen molar-refractivity contribution in [1.82, 2.24) is 5.32 Å². The minimum absolute atomic E-state index is 0.0784. The molecule has 0 atom stereocenters. The van der Waals surface area contributed by atoms with E-state index in [0.717, 1.165) is 12.8 Å². The first-order valence-electron chi connectivity index (χ1n) is 6.54. The van der Waals surface area contributed by atoms with Gasteiger partial charge in [-0.05, 0) is 12.8 Å². The van der Waals surface area contributed by atoms with E-state index in [4.69, 9.17) is 16.2 Å². The monoisotopic (exact) mass is 257 g/mol. The number of hydrogen-bond acceptors (Lipinski definition) is 5. The summed E-state index contributed by atoms with van der Waals surface area (Å²) in [6.07, 6.45) is 4.21. The van der Waals surface area contributed by atoms with E-state index in [1.807, 2.05) is 0 Å². The van der Waals surface area contributed by atoms with Gasteiger partial charge in [-0.2, -0.15) is 0 Å². The van der Waals surface area contributed by atoms with E-state index in [2.05, 4.69) is 5.32 Å². The number of ether oxygens (including phenoxy) is 1. The fourth-order valence-electron chi connectivity index (χ4n) is 2.02. The van der Waals surface area contributed by atoms with Crippen LogP contribution in [-0.2, 0) is 14.3 Å². The number of amides is 1. The fourth-order valence-corrected chi connectivity index (χ4v) is 2.02. The molecule has 0 aromatic rings. The predicted octanol–water partition coefficient (Wildman–Crippen LogP) is -0.345. The molecule has 18 heavy (non-hydrogen) atoms. The van der Waals surface area contributed by atoms with Crippen molar-refractivity contribution in [3.05, 3.63) is 0 Å². The summed E-state index contributed by atoms with van der Waals surface area (Å²) in [5.74, 6) is -0.506. The average Bonchev–Trinajstić information content (AvgIpc) is 2.86. The normalized spacial score (nSPS) is 15.9. The number of nitrogens with two attached hydrogens (primary N) is 2. The zero-order valence-electron chi connectivity index (χ0n) is 10.7. The molecule has 6 heteroatoms. The van der Waals surface area contributed by atoms with E-state index in [-0.39, 0.29) is 37.9 Å². The Morgan fingerprint density at radius 1 is 1.17 bits per heavy atom. The van der Waals surface area contributed by atoms with Crippen LogP contribution in [0, 0.1) is 0 Å². The molecule has 5 N–H and O–H groups in total. The molecule has 0 radical (unpaired) electrons. The van der Waals surface area contributed by atoms with E-state index in [1.54, 1.807) is 0 Å².